The van der Waals surface area contributed by atoms with Crippen molar-refractivity contribution >= 4 is 46.9 Å². The second-order valence-electron chi connectivity index (χ2n) is 6.91. The molecule has 9 heteroatoms. The molecule has 4 aromatic rings. The predicted octanol–water partition coefficient (Wildman–Crippen LogP) is 6.38. The van der Waals surface area contributed by atoms with Crippen LogP contribution in [0.4, 0.5) is 0 Å². The molecule has 0 unspecified atom stereocenters. The molecule has 0 bridgehead atoms. The van der Waals surface area contributed by atoms with E-state index in [0.29, 0.717) is 38.7 Å². The summed E-state index contributed by atoms with van der Waals surface area (Å²) in [6.07, 6.45) is 1.39. The highest BCUT2D eigenvalue weighted by molar-refractivity contribution is 6.38. The second kappa shape index (κ2) is 10.5. The van der Waals surface area contributed by atoms with Gasteiger partial charge in [-0.1, -0.05) is 59.1 Å². The molecular weight excluding hydrogens is 483 g/mol. The minimum atomic E-state index is -0.451. The molecule has 6 nitrogen and oxygen atoms in total. The first-order valence-electron chi connectivity index (χ1n) is 9.81. The summed E-state index contributed by atoms with van der Waals surface area (Å²) in [6, 6.07) is 21.6. The molecule has 1 aromatic heterocycles. The summed E-state index contributed by atoms with van der Waals surface area (Å²) in [5.41, 5.74) is 5.53. The third-order valence-electron chi connectivity index (χ3n) is 4.68. The lowest BCUT2D eigenvalue weighted by molar-refractivity contribution is 0.0950. The van der Waals surface area contributed by atoms with Gasteiger partial charge in [-0.05, 0) is 48.5 Å². The molecule has 1 amide bonds. The first kappa shape index (κ1) is 22.9. The fourth-order valence-corrected chi connectivity index (χ4v) is 3.62. The van der Waals surface area contributed by atoms with Gasteiger partial charge in [0.25, 0.3) is 5.91 Å². The maximum absolute atomic E-state index is 12.4. The van der Waals surface area contributed by atoms with Gasteiger partial charge >= 0.3 is 0 Å². The Kier molecular flexibility index (Phi) is 7.29. The van der Waals surface area contributed by atoms with Gasteiger partial charge in [0.05, 0.1) is 22.0 Å². The van der Waals surface area contributed by atoms with Crippen molar-refractivity contribution in [1.82, 2.24) is 15.6 Å². The first-order chi connectivity index (χ1) is 16.0. The summed E-state index contributed by atoms with van der Waals surface area (Å²) in [4.78, 5) is 12.4. The summed E-state index contributed by atoms with van der Waals surface area (Å²) < 4.78 is 5.79. The Morgan fingerprint density at radius 2 is 1.67 bits per heavy atom. The van der Waals surface area contributed by atoms with Gasteiger partial charge in [0, 0.05) is 21.7 Å². The Hall–Kier alpha value is -3.32. The third kappa shape index (κ3) is 5.73. The number of hydrogen-bond acceptors (Lipinski definition) is 4. The SMILES string of the molecule is O=C(N/N=C\c1c(Cl)cccc1Cl)c1cc(-c2ccc(OCc3ccccc3Cl)cc2)n[nH]1. The van der Waals surface area contributed by atoms with E-state index < -0.39 is 5.91 Å². The Labute approximate surface area is 205 Å². The zero-order chi connectivity index (χ0) is 23.2. The summed E-state index contributed by atoms with van der Waals surface area (Å²) in [7, 11) is 0. The molecule has 0 spiro atoms. The van der Waals surface area contributed by atoms with Crippen LogP contribution in [0.25, 0.3) is 11.3 Å². The van der Waals surface area contributed by atoms with Crippen LogP contribution in [-0.4, -0.2) is 22.3 Å². The van der Waals surface area contributed by atoms with E-state index in [4.69, 9.17) is 39.5 Å². The molecule has 2 N–H and O–H groups in total. The van der Waals surface area contributed by atoms with Crippen LogP contribution >= 0.6 is 34.8 Å². The second-order valence-corrected chi connectivity index (χ2v) is 8.13. The Bertz CT molecular complexity index is 1280. The fraction of sp³-hybridized carbons (Fsp3) is 0.0417. The number of nitrogens with one attached hydrogen (secondary N) is 2. The molecule has 0 aliphatic rings. The van der Waals surface area contributed by atoms with Crippen LogP contribution in [0.2, 0.25) is 15.1 Å². The largest absolute Gasteiger partial charge is 0.489 e. The summed E-state index contributed by atoms with van der Waals surface area (Å²) in [6.45, 7) is 0.367. The number of hydrazone groups is 1. The van der Waals surface area contributed by atoms with Crippen LogP contribution in [0.15, 0.2) is 77.9 Å². The third-order valence-corrected chi connectivity index (χ3v) is 5.71. The number of halogens is 3. The quantitative estimate of drug-likeness (QED) is 0.229. The molecule has 33 heavy (non-hydrogen) atoms. The normalized spacial score (nSPS) is 11.0. The molecule has 3 aromatic carbocycles. The van der Waals surface area contributed by atoms with Crippen LogP contribution < -0.4 is 10.2 Å². The van der Waals surface area contributed by atoms with E-state index in [1.807, 2.05) is 48.5 Å². The number of amides is 1. The van der Waals surface area contributed by atoms with E-state index in [1.165, 1.54) is 6.21 Å². The monoisotopic (exact) mass is 498 g/mol. The number of H-pyrrole nitrogens is 1. The van der Waals surface area contributed by atoms with Crippen LogP contribution in [0, 0.1) is 0 Å². The van der Waals surface area contributed by atoms with Crippen LogP contribution in [0.3, 0.4) is 0 Å². The Morgan fingerprint density at radius 3 is 2.39 bits per heavy atom. The maximum Gasteiger partial charge on any atom is 0.289 e. The van der Waals surface area contributed by atoms with Gasteiger partial charge in [-0.15, -0.1) is 0 Å². The number of hydrogen-bond donors (Lipinski definition) is 2. The number of nitrogens with zero attached hydrogens (tertiary/aromatic N) is 2. The molecule has 0 saturated heterocycles. The highest BCUT2D eigenvalue weighted by atomic mass is 35.5. The zero-order valence-corrected chi connectivity index (χ0v) is 19.3. The lowest BCUT2D eigenvalue weighted by Crippen LogP contribution is -2.18. The van der Waals surface area contributed by atoms with Crippen molar-refractivity contribution in [2.45, 2.75) is 6.61 Å². The van der Waals surface area contributed by atoms with Gasteiger partial charge in [-0.2, -0.15) is 10.2 Å². The maximum atomic E-state index is 12.4. The number of ether oxygens (including phenoxy) is 1. The van der Waals surface area contributed by atoms with Gasteiger partial charge in [0.1, 0.15) is 18.1 Å². The van der Waals surface area contributed by atoms with Crippen LogP contribution in [0.5, 0.6) is 5.75 Å². The molecular formula is C24H17Cl3N4O2. The lowest BCUT2D eigenvalue weighted by atomic mass is 10.1. The van der Waals surface area contributed by atoms with Crippen molar-refractivity contribution in [2.75, 3.05) is 0 Å². The number of rotatable bonds is 7. The van der Waals surface area contributed by atoms with E-state index in [9.17, 15) is 4.79 Å². The highest BCUT2D eigenvalue weighted by Crippen LogP contribution is 2.24. The van der Waals surface area contributed by atoms with Gasteiger partial charge in [0.15, 0.2) is 0 Å². The highest BCUT2D eigenvalue weighted by Gasteiger charge is 2.11. The molecule has 166 valence electrons. The van der Waals surface area contributed by atoms with E-state index >= 15 is 0 Å². The zero-order valence-electron chi connectivity index (χ0n) is 17.1. The Morgan fingerprint density at radius 1 is 0.970 bits per heavy atom. The van der Waals surface area contributed by atoms with E-state index in [1.54, 1.807) is 24.3 Å². The first-order valence-corrected chi connectivity index (χ1v) is 10.9. The lowest BCUT2D eigenvalue weighted by Gasteiger charge is -2.08. The average molecular weight is 500 g/mol. The van der Waals surface area contributed by atoms with Gasteiger partial charge in [-0.3, -0.25) is 9.89 Å². The molecule has 1 heterocycles. The van der Waals surface area contributed by atoms with Crippen molar-refractivity contribution < 1.29 is 9.53 Å². The summed E-state index contributed by atoms with van der Waals surface area (Å²) in [5.74, 6) is 0.243. The van der Waals surface area contributed by atoms with Crippen molar-refractivity contribution in [2.24, 2.45) is 5.10 Å². The van der Waals surface area contributed by atoms with Crippen molar-refractivity contribution in [3.05, 3.63) is 105 Å². The molecule has 0 aliphatic heterocycles. The molecule has 4 rings (SSSR count). The number of carbonyl (C=O) groups excluding carboxylic acids is 1. The number of aromatic amines is 1. The standard InChI is InChI=1S/C24H17Cl3N4O2/c25-19-5-2-1-4-16(19)14-33-17-10-8-15(9-11-17)22-12-23(30-29-22)24(32)31-28-13-18-20(26)6-3-7-21(18)27/h1-13H,14H2,(H,29,30)(H,31,32)/b28-13-. The minimum Gasteiger partial charge on any atom is -0.489 e. The smallest absolute Gasteiger partial charge is 0.289 e. The number of carbonyl (C=O) groups is 1. The van der Waals surface area contributed by atoms with Crippen molar-refractivity contribution in [3.8, 4) is 17.0 Å². The van der Waals surface area contributed by atoms with E-state index in [2.05, 4.69) is 20.7 Å². The molecule has 0 saturated carbocycles. The summed E-state index contributed by atoms with van der Waals surface area (Å²) >= 11 is 18.3. The van der Waals surface area contributed by atoms with E-state index in [0.717, 1.165) is 11.1 Å². The van der Waals surface area contributed by atoms with Gasteiger partial charge in [0.2, 0.25) is 0 Å². The number of aromatic nitrogens is 2. The predicted molar refractivity (Wildman–Crippen MR) is 131 cm³/mol. The van der Waals surface area contributed by atoms with Gasteiger partial charge in [-0.25, -0.2) is 5.43 Å². The number of benzene rings is 3. The fourth-order valence-electron chi connectivity index (χ4n) is 2.93. The molecule has 0 radical (unpaired) electrons. The van der Waals surface area contributed by atoms with Crippen LogP contribution in [0.1, 0.15) is 21.6 Å². The molecule has 0 fully saturated rings. The van der Waals surface area contributed by atoms with E-state index in [-0.39, 0.29) is 5.69 Å². The van der Waals surface area contributed by atoms with Crippen LogP contribution in [-0.2, 0) is 6.61 Å². The average Bonchev–Trinajstić information content (AvgIpc) is 3.31. The minimum absolute atomic E-state index is 0.256. The Balaban J connectivity index is 1.37. The summed E-state index contributed by atoms with van der Waals surface area (Å²) in [5, 5.41) is 12.4. The molecule has 0 aliphatic carbocycles. The van der Waals surface area contributed by atoms with Crippen molar-refractivity contribution in [1.29, 1.82) is 0 Å². The van der Waals surface area contributed by atoms with Crippen molar-refractivity contribution in [3.63, 3.8) is 0 Å². The van der Waals surface area contributed by atoms with Gasteiger partial charge < -0.3 is 4.74 Å². The topological polar surface area (TPSA) is 79.4 Å². The molecule has 0 atom stereocenters.